The predicted molar refractivity (Wildman–Crippen MR) is 233 cm³/mol. The van der Waals surface area contributed by atoms with Crippen molar-refractivity contribution in [3.63, 3.8) is 0 Å². The zero-order valence-electron chi connectivity index (χ0n) is 38.5. The van der Waals surface area contributed by atoms with E-state index in [1.807, 2.05) is 83.3 Å². The number of esters is 1. The van der Waals surface area contributed by atoms with E-state index in [4.69, 9.17) is 23.7 Å². The number of cyclic esters (lactones) is 1. The van der Waals surface area contributed by atoms with Crippen LogP contribution in [0.5, 0.6) is 0 Å². The van der Waals surface area contributed by atoms with Gasteiger partial charge in [-0.05, 0) is 89.4 Å². The molecule has 2 bridgehead atoms. The zero-order chi connectivity index (χ0) is 44.7. The minimum absolute atomic E-state index is 0.00738. The van der Waals surface area contributed by atoms with Crippen LogP contribution >= 0.6 is 0 Å². The molecule has 0 radical (unpaired) electrons. The van der Waals surface area contributed by atoms with E-state index in [9.17, 15) is 24.6 Å². The van der Waals surface area contributed by atoms with Crippen molar-refractivity contribution >= 4 is 29.4 Å². The van der Waals surface area contributed by atoms with Crippen LogP contribution in [0.25, 0.3) is 6.08 Å². The molecule has 1 aromatic rings. The molecular weight excluding hydrogens is 765 g/mol. The van der Waals surface area contributed by atoms with E-state index < -0.39 is 83.2 Å². The fraction of sp³-hybridized carbons (Fsp3) is 0.708. The van der Waals surface area contributed by atoms with E-state index >= 15 is 0 Å². The number of ketones is 1. The number of amides is 1. The molecule has 3 saturated heterocycles. The first-order valence-electron chi connectivity index (χ1n) is 21.9. The number of ether oxygens (including phenoxy) is 5. The topological polar surface area (TPSA) is 153 Å². The first-order chi connectivity index (χ1) is 28.0. The predicted octanol–water partition coefficient (Wildman–Crippen LogP) is 7.00. The Morgan fingerprint density at radius 2 is 1.72 bits per heavy atom. The van der Waals surface area contributed by atoms with E-state index in [1.54, 1.807) is 20.8 Å². The molecule has 3 aliphatic rings. The smallest absolute Gasteiger partial charge is 0.316 e. The van der Waals surface area contributed by atoms with Crippen molar-refractivity contribution in [2.45, 2.75) is 163 Å². The maximum atomic E-state index is 14.6. The lowest BCUT2D eigenvalue weighted by molar-refractivity contribution is -0.297. The summed E-state index contributed by atoms with van der Waals surface area (Å²) >= 11 is 0. The molecule has 12 heteroatoms. The van der Waals surface area contributed by atoms with Crippen LogP contribution in [0.2, 0.25) is 0 Å². The molecule has 0 unspecified atom stereocenters. The van der Waals surface area contributed by atoms with Gasteiger partial charge in [0.15, 0.2) is 12.1 Å². The number of carbonyl (C=O) groups excluding carboxylic acids is 3. The quantitative estimate of drug-likeness (QED) is 0.206. The molecule has 12 nitrogen and oxygen atoms in total. The van der Waals surface area contributed by atoms with Gasteiger partial charge in [0.25, 0.3) is 0 Å². The third-order valence-corrected chi connectivity index (χ3v) is 12.7. The van der Waals surface area contributed by atoms with Crippen molar-refractivity contribution in [1.29, 1.82) is 0 Å². The van der Waals surface area contributed by atoms with Crippen LogP contribution in [0.4, 0.5) is 0 Å². The number of carbonyl (C=O) groups is 3. The van der Waals surface area contributed by atoms with Gasteiger partial charge in [0.2, 0.25) is 5.91 Å². The number of likely N-dealkylation sites (N-methyl/N-ethyl adjacent to an activating group) is 1. The lowest BCUT2D eigenvalue weighted by Gasteiger charge is -2.48. The SMILES string of the molecule is CC[C@H]1OC(=O)[C@H](C)C(=O)[C@H](C)[C@@H](O[C@@H]2O[C@H](C)C[C@H](N(C)CCC(C)(C)C)[C@H]2O)[C@@]2(C)C[C@@H](C)C(=NC(C)=O)[C@H](C)[C@@H](OC/C(=C\C=C\c3ccccc3)CO2)[C@]1(C)O. The van der Waals surface area contributed by atoms with Gasteiger partial charge in [-0.1, -0.05) is 97.0 Å². The van der Waals surface area contributed by atoms with Crippen molar-refractivity contribution in [3.05, 3.63) is 53.6 Å². The summed E-state index contributed by atoms with van der Waals surface area (Å²) in [5.41, 5.74) is -0.826. The summed E-state index contributed by atoms with van der Waals surface area (Å²) < 4.78 is 33.1. The van der Waals surface area contributed by atoms with Crippen LogP contribution in [-0.2, 0) is 38.1 Å². The fourth-order valence-electron chi connectivity index (χ4n) is 9.13. The average molecular weight is 839 g/mol. The highest BCUT2D eigenvalue weighted by Gasteiger charge is 2.53. The molecule has 1 amide bonds. The summed E-state index contributed by atoms with van der Waals surface area (Å²) in [4.78, 5) is 48.2. The molecule has 3 heterocycles. The third kappa shape index (κ3) is 12.5. The van der Waals surface area contributed by atoms with Gasteiger partial charge >= 0.3 is 5.97 Å². The van der Waals surface area contributed by atoms with Gasteiger partial charge in [0.1, 0.15) is 23.7 Å². The number of aliphatic hydroxyl groups excluding tert-OH is 1. The van der Waals surface area contributed by atoms with E-state index in [0.29, 0.717) is 12.1 Å². The monoisotopic (exact) mass is 839 g/mol. The number of fused-ring (bicyclic) bond motifs is 5. The van der Waals surface area contributed by atoms with Crippen LogP contribution in [0.15, 0.2) is 53.0 Å². The van der Waals surface area contributed by atoms with Gasteiger partial charge in [-0.3, -0.25) is 14.4 Å². The van der Waals surface area contributed by atoms with Crippen molar-refractivity contribution in [1.82, 2.24) is 4.90 Å². The number of Topliss-reactive ketones (excluding diaryl/α,β-unsaturated/α-hetero) is 1. The molecule has 2 N–H and O–H groups in total. The maximum absolute atomic E-state index is 14.6. The molecule has 0 aliphatic carbocycles. The van der Waals surface area contributed by atoms with E-state index in [2.05, 4.69) is 30.7 Å². The molecule has 3 fully saturated rings. The zero-order valence-corrected chi connectivity index (χ0v) is 38.5. The first-order valence-corrected chi connectivity index (χ1v) is 21.9. The second-order valence-corrected chi connectivity index (χ2v) is 19.3. The fourth-order valence-corrected chi connectivity index (χ4v) is 9.13. The minimum atomic E-state index is -1.78. The number of aliphatic hydroxyl groups is 2. The van der Waals surface area contributed by atoms with Gasteiger partial charge in [0, 0.05) is 30.5 Å². The van der Waals surface area contributed by atoms with Gasteiger partial charge in [0.05, 0.1) is 37.1 Å². The Kier molecular flexibility index (Phi) is 17.2. The van der Waals surface area contributed by atoms with Crippen molar-refractivity contribution in [3.8, 4) is 0 Å². The number of benzene rings is 1. The molecule has 4 rings (SSSR count). The Labute approximate surface area is 359 Å². The van der Waals surface area contributed by atoms with Crippen LogP contribution in [0.3, 0.4) is 0 Å². The number of nitrogens with zero attached hydrogens (tertiary/aromatic N) is 2. The van der Waals surface area contributed by atoms with Crippen molar-refractivity contribution in [2.24, 2.45) is 34.1 Å². The highest BCUT2D eigenvalue weighted by molar-refractivity contribution is 6.00. The Morgan fingerprint density at radius 3 is 2.33 bits per heavy atom. The van der Waals surface area contributed by atoms with Crippen LogP contribution in [-0.4, -0.2) is 119 Å². The normalized spacial score (nSPS) is 38.1. The Hall–Kier alpha value is -3.10. The number of rotatable bonds is 8. The molecule has 0 spiro atoms. The highest BCUT2D eigenvalue weighted by Crippen LogP contribution is 2.40. The third-order valence-electron chi connectivity index (χ3n) is 12.7. The van der Waals surface area contributed by atoms with E-state index in [-0.39, 0.29) is 43.6 Å². The first kappa shape index (κ1) is 49.6. The lowest BCUT2D eigenvalue weighted by Crippen LogP contribution is -2.60. The molecule has 13 atom stereocenters. The second kappa shape index (κ2) is 20.8. The molecular formula is C48H74N2O10. The molecule has 1 aromatic carbocycles. The largest absolute Gasteiger partial charge is 0.459 e. The summed E-state index contributed by atoms with van der Waals surface area (Å²) in [6, 6.07) is 9.56. The average Bonchev–Trinajstić information content (AvgIpc) is 3.19. The summed E-state index contributed by atoms with van der Waals surface area (Å²) in [7, 11) is 2.00. The summed E-state index contributed by atoms with van der Waals surface area (Å²) in [5, 5.41) is 24.5. The van der Waals surface area contributed by atoms with Gasteiger partial charge in [-0.25, -0.2) is 4.99 Å². The Balaban J connectivity index is 1.93. The molecule has 0 aromatic heterocycles. The summed E-state index contributed by atoms with van der Waals surface area (Å²) in [6.45, 7) is 22.9. The minimum Gasteiger partial charge on any atom is -0.459 e. The lowest BCUT2D eigenvalue weighted by atomic mass is 9.73. The number of hydrogen-bond acceptors (Lipinski definition) is 11. The van der Waals surface area contributed by atoms with Crippen LogP contribution < -0.4 is 0 Å². The Bertz CT molecular complexity index is 1700. The standard InChI is InChI=1S/C48H74N2O10/c1-14-38-48(12,55)43-31(4)39(49-34(7)51)29(2)26-47(11,57-28-36(27-56-43)22-18-21-35-19-16-15-17-20-35)42(32(5)40(52)33(6)44(54)59-38)60-45-41(53)37(25-30(3)58-45)50(13)24-23-46(8,9)10/h15-22,29-33,37-38,41-43,45,53,55H,14,23-28H2,1-13H3/b21-18+,36-22+,49-39?/t29-,30-,31+,32+,33-,37+,38-,41-,42-,43-,45+,47-,48-/m1/s1. The van der Waals surface area contributed by atoms with E-state index in [0.717, 1.165) is 24.1 Å². The summed E-state index contributed by atoms with van der Waals surface area (Å²) in [6.07, 6.45) is 2.01. The maximum Gasteiger partial charge on any atom is 0.316 e. The molecule has 60 heavy (non-hydrogen) atoms. The highest BCUT2D eigenvalue weighted by atomic mass is 16.7. The van der Waals surface area contributed by atoms with E-state index in [1.165, 1.54) is 13.8 Å². The van der Waals surface area contributed by atoms with Crippen LogP contribution in [0, 0.1) is 29.1 Å². The molecule has 336 valence electrons. The van der Waals surface area contributed by atoms with Gasteiger partial charge in [-0.15, -0.1) is 0 Å². The summed E-state index contributed by atoms with van der Waals surface area (Å²) in [5.74, 6) is -5.01. The molecule has 3 aliphatic heterocycles. The van der Waals surface area contributed by atoms with Crippen molar-refractivity contribution < 1.29 is 48.3 Å². The Morgan fingerprint density at radius 1 is 1.05 bits per heavy atom. The second-order valence-electron chi connectivity index (χ2n) is 19.3. The van der Waals surface area contributed by atoms with Gasteiger partial charge in [-0.2, -0.15) is 0 Å². The van der Waals surface area contributed by atoms with Crippen LogP contribution in [0.1, 0.15) is 114 Å². The number of allylic oxidation sites excluding steroid dienone is 2. The number of aliphatic imine (C=N–C) groups is 1. The number of hydrogen-bond donors (Lipinski definition) is 2. The van der Waals surface area contributed by atoms with Crippen molar-refractivity contribution in [2.75, 3.05) is 26.8 Å². The molecule has 0 saturated carbocycles. The van der Waals surface area contributed by atoms with Gasteiger partial charge < -0.3 is 38.8 Å².